The third-order valence-corrected chi connectivity index (χ3v) is 2.94. The molecule has 0 aliphatic rings. The number of benzene rings is 1. The van der Waals surface area contributed by atoms with E-state index in [4.69, 9.17) is 4.74 Å². The molecule has 2 atom stereocenters. The van der Waals surface area contributed by atoms with Gasteiger partial charge in [-0.2, -0.15) is 0 Å². The van der Waals surface area contributed by atoms with Crippen LogP contribution in [0.25, 0.3) is 0 Å². The fourth-order valence-electron chi connectivity index (χ4n) is 1.75. The topological polar surface area (TPSA) is 29.5 Å². The Hall–Kier alpha value is -1.02. The van der Waals surface area contributed by atoms with E-state index in [1.54, 1.807) is 0 Å². The number of aliphatic hydroxyl groups excluding tert-OH is 1. The van der Waals surface area contributed by atoms with Crippen LogP contribution in [0.5, 0.6) is 5.75 Å². The Morgan fingerprint density at radius 3 is 2.53 bits per heavy atom. The Kier molecular flexibility index (Phi) is 5.49. The van der Waals surface area contributed by atoms with Gasteiger partial charge in [0.15, 0.2) is 0 Å². The fraction of sp³-hybridized carbons (Fsp3) is 0.600. The van der Waals surface area contributed by atoms with E-state index in [1.807, 2.05) is 38.1 Å². The minimum atomic E-state index is -0.388. The highest BCUT2D eigenvalue weighted by molar-refractivity contribution is 5.30. The Balaban J connectivity index is 2.70. The Labute approximate surface area is 105 Å². The van der Waals surface area contributed by atoms with Crippen molar-refractivity contribution >= 4 is 0 Å². The lowest BCUT2D eigenvalue weighted by Crippen LogP contribution is -2.07. The van der Waals surface area contributed by atoms with Crippen molar-refractivity contribution < 1.29 is 9.84 Å². The first-order chi connectivity index (χ1) is 8.02. The molecule has 0 fully saturated rings. The van der Waals surface area contributed by atoms with Crippen molar-refractivity contribution in [1.29, 1.82) is 0 Å². The minimum absolute atomic E-state index is 0.164. The third-order valence-electron chi connectivity index (χ3n) is 2.94. The normalized spacial score (nSPS) is 14.7. The SMILES string of the molecule is CCC(C)CC(O)c1cccc(OC(C)C)c1. The molecule has 2 unspecified atom stereocenters. The number of hydrogen-bond acceptors (Lipinski definition) is 2. The molecule has 1 N–H and O–H groups in total. The van der Waals surface area contributed by atoms with E-state index in [9.17, 15) is 5.11 Å². The predicted octanol–water partition coefficient (Wildman–Crippen LogP) is 3.94. The Bertz CT molecular complexity index is 333. The highest BCUT2D eigenvalue weighted by Gasteiger charge is 2.12. The second-order valence-electron chi connectivity index (χ2n) is 5.00. The molecule has 1 rings (SSSR count). The first kappa shape index (κ1) is 14.0. The third kappa shape index (κ3) is 4.78. The van der Waals surface area contributed by atoms with Crippen LogP contribution in [0, 0.1) is 5.92 Å². The molecule has 0 aliphatic heterocycles. The van der Waals surface area contributed by atoms with E-state index in [-0.39, 0.29) is 12.2 Å². The molecule has 0 aromatic heterocycles. The van der Waals surface area contributed by atoms with Gasteiger partial charge < -0.3 is 9.84 Å². The highest BCUT2D eigenvalue weighted by atomic mass is 16.5. The molecule has 1 aromatic rings. The largest absolute Gasteiger partial charge is 0.491 e. The van der Waals surface area contributed by atoms with Crippen LogP contribution in [-0.2, 0) is 0 Å². The zero-order chi connectivity index (χ0) is 12.8. The molecule has 0 radical (unpaired) electrons. The summed E-state index contributed by atoms with van der Waals surface area (Å²) in [6, 6.07) is 7.76. The van der Waals surface area contributed by atoms with E-state index < -0.39 is 0 Å². The molecule has 17 heavy (non-hydrogen) atoms. The number of aliphatic hydroxyl groups is 1. The van der Waals surface area contributed by atoms with Crippen LogP contribution >= 0.6 is 0 Å². The summed E-state index contributed by atoms with van der Waals surface area (Å²) < 4.78 is 5.63. The van der Waals surface area contributed by atoms with E-state index in [1.165, 1.54) is 0 Å². The molecule has 0 spiro atoms. The van der Waals surface area contributed by atoms with Crippen LogP contribution in [0.2, 0.25) is 0 Å². The van der Waals surface area contributed by atoms with Crippen molar-refractivity contribution in [2.45, 2.75) is 52.7 Å². The molecular weight excluding hydrogens is 212 g/mol. The maximum atomic E-state index is 10.1. The molecule has 0 heterocycles. The Morgan fingerprint density at radius 1 is 1.24 bits per heavy atom. The quantitative estimate of drug-likeness (QED) is 0.810. The molecule has 1 aromatic carbocycles. The van der Waals surface area contributed by atoms with Gasteiger partial charge in [0, 0.05) is 0 Å². The van der Waals surface area contributed by atoms with Crippen molar-refractivity contribution in [3.63, 3.8) is 0 Å². The summed E-state index contributed by atoms with van der Waals surface area (Å²) in [6.45, 7) is 8.32. The average Bonchev–Trinajstić information content (AvgIpc) is 2.28. The number of rotatable bonds is 6. The molecule has 0 aliphatic carbocycles. The van der Waals surface area contributed by atoms with E-state index in [2.05, 4.69) is 13.8 Å². The van der Waals surface area contributed by atoms with E-state index in [0.717, 1.165) is 24.2 Å². The summed E-state index contributed by atoms with van der Waals surface area (Å²) in [4.78, 5) is 0. The molecule has 96 valence electrons. The zero-order valence-corrected chi connectivity index (χ0v) is 11.3. The minimum Gasteiger partial charge on any atom is -0.491 e. The first-order valence-corrected chi connectivity index (χ1v) is 6.47. The fourth-order valence-corrected chi connectivity index (χ4v) is 1.75. The molecule has 0 saturated carbocycles. The van der Waals surface area contributed by atoms with Crippen molar-refractivity contribution in [2.75, 3.05) is 0 Å². The van der Waals surface area contributed by atoms with Gasteiger partial charge in [0.1, 0.15) is 5.75 Å². The summed E-state index contributed by atoms with van der Waals surface area (Å²) in [5.74, 6) is 1.38. The lowest BCUT2D eigenvalue weighted by molar-refractivity contribution is 0.145. The van der Waals surface area contributed by atoms with Crippen LogP contribution in [0.15, 0.2) is 24.3 Å². The summed E-state index contributed by atoms with van der Waals surface area (Å²) in [7, 11) is 0. The summed E-state index contributed by atoms with van der Waals surface area (Å²) in [6.07, 6.45) is 1.68. The van der Waals surface area contributed by atoms with Crippen molar-refractivity contribution in [2.24, 2.45) is 5.92 Å². The van der Waals surface area contributed by atoms with Crippen LogP contribution in [-0.4, -0.2) is 11.2 Å². The van der Waals surface area contributed by atoms with Gasteiger partial charge in [-0.05, 0) is 43.9 Å². The van der Waals surface area contributed by atoms with Gasteiger partial charge in [-0.15, -0.1) is 0 Å². The van der Waals surface area contributed by atoms with Gasteiger partial charge in [0.05, 0.1) is 12.2 Å². The zero-order valence-electron chi connectivity index (χ0n) is 11.3. The van der Waals surface area contributed by atoms with E-state index >= 15 is 0 Å². The molecule has 0 bridgehead atoms. The average molecular weight is 236 g/mol. The maximum absolute atomic E-state index is 10.1. The molecule has 0 saturated heterocycles. The summed E-state index contributed by atoms with van der Waals surface area (Å²) in [5, 5.41) is 10.1. The lowest BCUT2D eigenvalue weighted by atomic mass is 9.96. The highest BCUT2D eigenvalue weighted by Crippen LogP contribution is 2.25. The predicted molar refractivity (Wildman–Crippen MR) is 71.2 cm³/mol. The smallest absolute Gasteiger partial charge is 0.120 e. The van der Waals surface area contributed by atoms with Crippen molar-refractivity contribution in [3.05, 3.63) is 29.8 Å². The van der Waals surface area contributed by atoms with E-state index in [0.29, 0.717) is 5.92 Å². The van der Waals surface area contributed by atoms with Gasteiger partial charge in [0.25, 0.3) is 0 Å². The van der Waals surface area contributed by atoms with Gasteiger partial charge in [-0.3, -0.25) is 0 Å². The second-order valence-corrected chi connectivity index (χ2v) is 5.00. The van der Waals surface area contributed by atoms with Crippen LogP contribution in [0.1, 0.15) is 52.2 Å². The van der Waals surface area contributed by atoms with Gasteiger partial charge >= 0.3 is 0 Å². The van der Waals surface area contributed by atoms with Crippen LogP contribution in [0.3, 0.4) is 0 Å². The molecule has 0 amide bonds. The summed E-state index contributed by atoms with van der Waals surface area (Å²) in [5.41, 5.74) is 0.948. The van der Waals surface area contributed by atoms with Crippen LogP contribution < -0.4 is 4.74 Å². The standard InChI is InChI=1S/C15H24O2/c1-5-12(4)9-15(16)13-7-6-8-14(10-13)17-11(2)3/h6-8,10-12,15-16H,5,9H2,1-4H3. The molecular formula is C15H24O2. The molecule has 2 nitrogen and oxygen atoms in total. The first-order valence-electron chi connectivity index (χ1n) is 6.47. The van der Waals surface area contributed by atoms with Crippen LogP contribution in [0.4, 0.5) is 0 Å². The van der Waals surface area contributed by atoms with Gasteiger partial charge in [-0.25, -0.2) is 0 Å². The van der Waals surface area contributed by atoms with Gasteiger partial charge in [0.2, 0.25) is 0 Å². The molecule has 2 heteroatoms. The van der Waals surface area contributed by atoms with Gasteiger partial charge in [-0.1, -0.05) is 32.4 Å². The lowest BCUT2D eigenvalue weighted by Gasteiger charge is -2.17. The monoisotopic (exact) mass is 236 g/mol. The number of ether oxygens (including phenoxy) is 1. The number of hydrogen-bond donors (Lipinski definition) is 1. The Morgan fingerprint density at radius 2 is 1.94 bits per heavy atom. The van der Waals surface area contributed by atoms with Crippen molar-refractivity contribution in [3.8, 4) is 5.75 Å². The van der Waals surface area contributed by atoms with Crippen molar-refractivity contribution in [1.82, 2.24) is 0 Å². The second kappa shape index (κ2) is 6.65. The summed E-state index contributed by atoms with van der Waals surface area (Å²) >= 11 is 0. The maximum Gasteiger partial charge on any atom is 0.120 e.